The van der Waals surface area contributed by atoms with Crippen molar-refractivity contribution in [2.24, 2.45) is 0 Å². The summed E-state index contributed by atoms with van der Waals surface area (Å²) in [6.45, 7) is 2.59. The van der Waals surface area contributed by atoms with Crippen LogP contribution in [0, 0.1) is 5.82 Å². The zero-order chi connectivity index (χ0) is 12.3. The molecule has 0 aliphatic rings. The van der Waals surface area contributed by atoms with Gasteiger partial charge in [-0.2, -0.15) is 0 Å². The molecule has 4 nitrogen and oxygen atoms in total. The van der Waals surface area contributed by atoms with E-state index in [9.17, 15) is 4.39 Å². The zero-order valence-corrected chi connectivity index (χ0v) is 9.47. The van der Waals surface area contributed by atoms with Crippen LogP contribution < -0.4 is 10.6 Å². The molecular formula is C12H13FN4. The van der Waals surface area contributed by atoms with Gasteiger partial charge in [0.2, 0.25) is 0 Å². The fourth-order valence-corrected chi connectivity index (χ4v) is 1.66. The van der Waals surface area contributed by atoms with Crippen molar-refractivity contribution in [3.63, 3.8) is 0 Å². The molecule has 1 aromatic heterocycles. The molecule has 17 heavy (non-hydrogen) atoms. The van der Waals surface area contributed by atoms with Gasteiger partial charge in [0.1, 0.15) is 12.1 Å². The van der Waals surface area contributed by atoms with E-state index < -0.39 is 0 Å². The maximum Gasteiger partial charge on any atom is 0.159 e. The van der Waals surface area contributed by atoms with Crippen LogP contribution in [0.15, 0.2) is 36.8 Å². The Bertz CT molecular complexity index is 515. The van der Waals surface area contributed by atoms with Crippen LogP contribution in [0.5, 0.6) is 0 Å². The number of nitrogens with two attached hydrogens (primary N) is 1. The van der Waals surface area contributed by atoms with Crippen molar-refractivity contribution >= 4 is 17.2 Å². The minimum absolute atomic E-state index is 0.284. The monoisotopic (exact) mass is 232 g/mol. The Morgan fingerprint density at radius 3 is 2.88 bits per heavy atom. The molecule has 2 rings (SSSR count). The van der Waals surface area contributed by atoms with Gasteiger partial charge in [-0.15, -0.1) is 0 Å². The topological polar surface area (TPSA) is 55.0 Å². The van der Waals surface area contributed by atoms with Gasteiger partial charge in [0.15, 0.2) is 5.82 Å². The van der Waals surface area contributed by atoms with Gasteiger partial charge in [-0.25, -0.2) is 14.4 Å². The number of anilines is 3. The van der Waals surface area contributed by atoms with Crippen molar-refractivity contribution in [1.82, 2.24) is 9.97 Å². The number of aromatic nitrogens is 2. The van der Waals surface area contributed by atoms with Gasteiger partial charge in [0.05, 0.1) is 11.9 Å². The fraction of sp³-hybridized carbons (Fsp3) is 0.167. The third-order valence-corrected chi connectivity index (χ3v) is 2.41. The van der Waals surface area contributed by atoms with E-state index in [0.717, 1.165) is 5.69 Å². The van der Waals surface area contributed by atoms with Crippen LogP contribution in [0.25, 0.3) is 0 Å². The highest BCUT2D eigenvalue weighted by molar-refractivity contribution is 5.70. The molecule has 0 amide bonds. The highest BCUT2D eigenvalue weighted by Crippen LogP contribution is 2.27. The number of nitrogens with zero attached hydrogens (tertiary/aromatic N) is 3. The highest BCUT2D eigenvalue weighted by Gasteiger charge is 2.12. The molecule has 2 aromatic rings. The highest BCUT2D eigenvalue weighted by atomic mass is 19.1. The molecule has 0 atom stereocenters. The van der Waals surface area contributed by atoms with Crippen molar-refractivity contribution in [3.05, 3.63) is 42.6 Å². The second kappa shape index (κ2) is 4.78. The first-order valence-electron chi connectivity index (χ1n) is 5.31. The first-order valence-corrected chi connectivity index (χ1v) is 5.31. The summed E-state index contributed by atoms with van der Waals surface area (Å²) in [5.41, 5.74) is 7.00. The standard InChI is InChI=1S/C12H13FN4/c1-2-17(10-5-3-4-9(13)6-10)12-11(14)7-15-8-16-12/h3-8H,2,14H2,1H3. The third-order valence-electron chi connectivity index (χ3n) is 2.41. The Morgan fingerprint density at radius 2 is 2.24 bits per heavy atom. The summed E-state index contributed by atoms with van der Waals surface area (Å²) in [7, 11) is 0. The summed E-state index contributed by atoms with van der Waals surface area (Å²) < 4.78 is 13.2. The first-order chi connectivity index (χ1) is 8.22. The predicted molar refractivity (Wildman–Crippen MR) is 65.5 cm³/mol. The van der Waals surface area contributed by atoms with Crippen LogP contribution in [0.2, 0.25) is 0 Å². The molecule has 0 aliphatic heterocycles. The molecule has 1 heterocycles. The zero-order valence-electron chi connectivity index (χ0n) is 9.47. The van der Waals surface area contributed by atoms with E-state index in [2.05, 4.69) is 9.97 Å². The summed E-state index contributed by atoms with van der Waals surface area (Å²) in [6.07, 6.45) is 2.96. The van der Waals surface area contributed by atoms with Crippen molar-refractivity contribution in [1.29, 1.82) is 0 Å². The van der Waals surface area contributed by atoms with E-state index in [0.29, 0.717) is 18.1 Å². The van der Waals surface area contributed by atoms with Crippen molar-refractivity contribution in [3.8, 4) is 0 Å². The average Bonchev–Trinajstić information content (AvgIpc) is 2.33. The first kappa shape index (κ1) is 11.3. The van der Waals surface area contributed by atoms with Gasteiger partial charge in [0.25, 0.3) is 0 Å². The van der Waals surface area contributed by atoms with E-state index in [4.69, 9.17) is 5.73 Å². The Morgan fingerprint density at radius 1 is 1.41 bits per heavy atom. The predicted octanol–water partition coefficient (Wildman–Crippen LogP) is 2.36. The molecule has 1 aromatic carbocycles. The van der Waals surface area contributed by atoms with Gasteiger partial charge in [0, 0.05) is 12.2 Å². The number of benzene rings is 1. The smallest absolute Gasteiger partial charge is 0.159 e. The van der Waals surface area contributed by atoms with Gasteiger partial charge in [-0.3, -0.25) is 0 Å². The molecule has 2 N–H and O–H groups in total. The Kier molecular flexibility index (Phi) is 3.18. The van der Waals surface area contributed by atoms with Gasteiger partial charge in [-0.1, -0.05) is 6.07 Å². The Balaban J connectivity index is 2.44. The van der Waals surface area contributed by atoms with Crippen LogP contribution in [0.3, 0.4) is 0 Å². The van der Waals surface area contributed by atoms with E-state index in [1.54, 1.807) is 6.07 Å². The third kappa shape index (κ3) is 2.33. The van der Waals surface area contributed by atoms with E-state index in [-0.39, 0.29) is 5.82 Å². The molecule has 0 unspecified atom stereocenters. The number of halogens is 1. The summed E-state index contributed by atoms with van der Waals surface area (Å²) in [6, 6.07) is 6.32. The molecule has 0 saturated heterocycles. The number of hydrogen-bond acceptors (Lipinski definition) is 4. The van der Waals surface area contributed by atoms with Crippen molar-refractivity contribution in [2.45, 2.75) is 6.92 Å². The summed E-state index contributed by atoms with van der Waals surface area (Å²) >= 11 is 0. The maximum absolute atomic E-state index is 13.2. The quantitative estimate of drug-likeness (QED) is 0.882. The van der Waals surface area contributed by atoms with Crippen LogP contribution >= 0.6 is 0 Å². The van der Waals surface area contributed by atoms with Crippen LogP contribution in [0.1, 0.15) is 6.92 Å². The molecular weight excluding hydrogens is 219 g/mol. The number of nitrogen functional groups attached to an aromatic ring is 1. The minimum Gasteiger partial charge on any atom is -0.394 e. The van der Waals surface area contributed by atoms with Gasteiger partial charge in [-0.05, 0) is 25.1 Å². The molecule has 0 fully saturated rings. The van der Waals surface area contributed by atoms with E-state index in [1.807, 2.05) is 17.9 Å². The molecule has 0 aliphatic carbocycles. The molecule has 0 saturated carbocycles. The summed E-state index contributed by atoms with van der Waals surface area (Å²) in [4.78, 5) is 9.79. The van der Waals surface area contributed by atoms with E-state index >= 15 is 0 Å². The minimum atomic E-state index is -0.284. The van der Waals surface area contributed by atoms with Gasteiger partial charge < -0.3 is 10.6 Å². The molecule has 0 radical (unpaired) electrons. The second-order valence-corrected chi connectivity index (χ2v) is 3.53. The van der Waals surface area contributed by atoms with Crippen LogP contribution in [0.4, 0.5) is 21.6 Å². The lowest BCUT2D eigenvalue weighted by Gasteiger charge is -2.22. The lowest BCUT2D eigenvalue weighted by atomic mass is 10.2. The molecule has 88 valence electrons. The average molecular weight is 232 g/mol. The lowest BCUT2D eigenvalue weighted by Crippen LogP contribution is -2.19. The molecule has 0 bridgehead atoms. The van der Waals surface area contributed by atoms with E-state index in [1.165, 1.54) is 24.7 Å². The Hall–Kier alpha value is -2.17. The number of rotatable bonds is 3. The van der Waals surface area contributed by atoms with Crippen molar-refractivity contribution in [2.75, 3.05) is 17.2 Å². The molecule has 0 spiro atoms. The Labute approximate surface area is 98.9 Å². The summed E-state index contributed by atoms with van der Waals surface area (Å²) in [5, 5.41) is 0. The second-order valence-electron chi connectivity index (χ2n) is 3.53. The van der Waals surface area contributed by atoms with Crippen LogP contribution in [-0.2, 0) is 0 Å². The normalized spacial score (nSPS) is 10.2. The van der Waals surface area contributed by atoms with Crippen molar-refractivity contribution < 1.29 is 4.39 Å². The summed E-state index contributed by atoms with van der Waals surface area (Å²) in [5.74, 6) is 0.307. The largest absolute Gasteiger partial charge is 0.394 e. The number of hydrogen-bond donors (Lipinski definition) is 1. The fourth-order valence-electron chi connectivity index (χ4n) is 1.66. The van der Waals surface area contributed by atoms with Gasteiger partial charge >= 0.3 is 0 Å². The molecule has 5 heteroatoms. The van der Waals surface area contributed by atoms with Crippen LogP contribution in [-0.4, -0.2) is 16.5 Å². The SMILES string of the molecule is CCN(c1cccc(F)c1)c1ncncc1N. The maximum atomic E-state index is 13.2. The lowest BCUT2D eigenvalue weighted by molar-refractivity contribution is 0.627.